The number of nitrogens with zero attached hydrogens (tertiary/aromatic N) is 2. The number of para-hydroxylation sites is 2. The van der Waals surface area contributed by atoms with Crippen LogP contribution in [-0.4, -0.2) is 9.97 Å². The first-order chi connectivity index (χ1) is 5.77. The Morgan fingerprint density at radius 1 is 0.833 bits per heavy atom. The second-order valence-corrected chi connectivity index (χ2v) is 2.61. The second kappa shape index (κ2) is 2.55. The number of aromatic nitrogens is 2. The molecule has 0 bridgehead atoms. The Bertz CT molecular complexity index is 381. The van der Waals surface area contributed by atoms with Crippen LogP contribution in [0.15, 0.2) is 24.3 Å². The fourth-order valence-electron chi connectivity index (χ4n) is 1.07. The van der Waals surface area contributed by atoms with E-state index in [1.54, 1.807) is 0 Å². The van der Waals surface area contributed by atoms with E-state index in [1.807, 2.05) is 24.3 Å². The smallest absolute Gasteiger partial charge is 0.0890 e. The average molecular weight is 156 g/mol. The molecule has 0 saturated carbocycles. The van der Waals surface area contributed by atoms with Crippen molar-refractivity contribution in [3.8, 4) is 0 Å². The van der Waals surface area contributed by atoms with E-state index in [4.69, 9.17) is 0 Å². The monoisotopic (exact) mass is 156 g/mol. The van der Waals surface area contributed by atoms with E-state index < -0.39 is 0 Å². The van der Waals surface area contributed by atoms with Crippen molar-refractivity contribution in [3.05, 3.63) is 49.5 Å². The SMILES string of the molecule is [CH2]c1nc2ccccc2nc1[CH2]. The molecule has 58 valence electrons. The molecule has 0 saturated heterocycles. The van der Waals surface area contributed by atoms with Gasteiger partial charge >= 0.3 is 0 Å². The van der Waals surface area contributed by atoms with Gasteiger partial charge in [-0.3, -0.25) is 0 Å². The zero-order chi connectivity index (χ0) is 8.55. The van der Waals surface area contributed by atoms with E-state index in [2.05, 4.69) is 23.8 Å². The summed E-state index contributed by atoms with van der Waals surface area (Å²) >= 11 is 0. The topological polar surface area (TPSA) is 25.8 Å². The highest BCUT2D eigenvalue weighted by Gasteiger charge is 1.98. The molecule has 0 aliphatic rings. The van der Waals surface area contributed by atoms with Gasteiger partial charge in [-0.2, -0.15) is 0 Å². The standard InChI is InChI=1S/C10H8N2/c1-7-8(2)12-10-6-4-3-5-9(10)11-7/h3-6H,1-2H2. The summed E-state index contributed by atoms with van der Waals surface area (Å²) in [5.41, 5.74) is 3.03. The van der Waals surface area contributed by atoms with Gasteiger partial charge in [0.15, 0.2) is 0 Å². The van der Waals surface area contributed by atoms with Crippen LogP contribution in [0.25, 0.3) is 11.0 Å². The van der Waals surface area contributed by atoms with Gasteiger partial charge in [-0.1, -0.05) is 12.1 Å². The highest BCUT2D eigenvalue weighted by atomic mass is 14.8. The van der Waals surface area contributed by atoms with Gasteiger partial charge in [-0.15, -0.1) is 0 Å². The lowest BCUT2D eigenvalue weighted by molar-refractivity contribution is 1.20. The molecule has 0 fully saturated rings. The van der Waals surface area contributed by atoms with E-state index in [1.165, 1.54) is 0 Å². The molecule has 2 radical (unpaired) electrons. The van der Waals surface area contributed by atoms with Gasteiger partial charge in [-0.25, -0.2) is 9.97 Å². The van der Waals surface area contributed by atoms with Crippen molar-refractivity contribution in [3.63, 3.8) is 0 Å². The molecule has 0 unspecified atom stereocenters. The maximum Gasteiger partial charge on any atom is 0.0890 e. The molecule has 1 aromatic heterocycles. The van der Waals surface area contributed by atoms with Crippen molar-refractivity contribution in [2.75, 3.05) is 0 Å². The fraction of sp³-hybridized carbons (Fsp3) is 0. The largest absolute Gasteiger partial charge is 0.249 e. The van der Waals surface area contributed by atoms with Gasteiger partial charge in [0.1, 0.15) is 0 Å². The molecule has 0 N–H and O–H groups in total. The molecular weight excluding hydrogens is 148 g/mol. The maximum absolute atomic E-state index is 4.24. The number of fused-ring (bicyclic) bond motifs is 1. The minimum Gasteiger partial charge on any atom is -0.249 e. The molecule has 0 atom stereocenters. The first kappa shape index (κ1) is 7.22. The first-order valence-electron chi connectivity index (χ1n) is 3.68. The van der Waals surface area contributed by atoms with Crippen LogP contribution < -0.4 is 0 Å². The summed E-state index contributed by atoms with van der Waals surface area (Å²) < 4.78 is 0. The molecule has 2 aromatic rings. The molecule has 1 aromatic carbocycles. The zero-order valence-electron chi connectivity index (χ0n) is 6.62. The van der Waals surface area contributed by atoms with Gasteiger partial charge < -0.3 is 0 Å². The van der Waals surface area contributed by atoms with Crippen LogP contribution in [0.3, 0.4) is 0 Å². The van der Waals surface area contributed by atoms with Gasteiger partial charge in [0, 0.05) is 0 Å². The number of hydrogen-bond acceptors (Lipinski definition) is 2. The normalized spacial score (nSPS) is 10.5. The Balaban J connectivity index is 2.84. The zero-order valence-corrected chi connectivity index (χ0v) is 6.62. The third kappa shape index (κ3) is 1.05. The van der Waals surface area contributed by atoms with Crippen LogP contribution in [0.5, 0.6) is 0 Å². The molecular formula is C10H8N2. The lowest BCUT2D eigenvalue weighted by Gasteiger charge is -2.00. The molecule has 0 amide bonds. The van der Waals surface area contributed by atoms with Gasteiger partial charge in [-0.05, 0) is 26.0 Å². The molecule has 0 aliphatic heterocycles. The van der Waals surface area contributed by atoms with Crippen LogP contribution in [0.4, 0.5) is 0 Å². The summed E-state index contributed by atoms with van der Waals surface area (Å²) in [6, 6.07) is 7.69. The number of benzene rings is 1. The van der Waals surface area contributed by atoms with Crippen molar-refractivity contribution in [2.24, 2.45) is 0 Å². The van der Waals surface area contributed by atoms with E-state index in [0.29, 0.717) is 11.4 Å². The van der Waals surface area contributed by atoms with Crippen molar-refractivity contribution >= 4 is 11.0 Å². The molecule has 0 spiro atoms. The lowest BCUT2D eigenvalue weighted by atomic mass is 10.2. The highest BCUT2D eigenvalue weighted by Crippen LogP contribution is 2.10. The lowest BCUT2D eigenvalue weighted by Crippen LogP contribution is -1.92. The Labute approximate surface area is 71.3 Å². The van der Waals surface area contributed by atoms with Crippen LogP contribution in [-0.2, 0) is 0 Å². The molecule has 0 aliphatic carbocycles. The quantitative estimate of drug-likeness (QED) is 0.583. The Morgan fingerprint density at radius 2 is 1.25 bits per heavy atom. The second-order valence-electron chi connectivity index (χ2n) is 2.61. The van der Waals surface area contributed by atoms with Crippen molar-refractivity contribution < 1.29 is 0 Å². The highest BCUT2D eigenvalue weighted by molar-refractivity contribution is 5.74. The van der Waals surface area contributed by atoms with Crippen molar-refractivity contribution in [1.29, 1.82) is 0 Å². The summed E-state index contributed by atoms with van der Waals surface area (Å²) in [7, 11) is 0. The first-order valence-corrected chi connectivity index (χ1v) is 3.68. The fourth-order valence-corrected chi connectivity index (χ4v) is 1.07. The number of rotatable bonds is 0. The third-order valence-electron chi connectivity index (χ3n) is 1.73. The summed E-state index contributed by atoms with van der Waals surface area (Å²) in [4.78, 5) is 8.48. The summed E-state index contributed by atoms with van der Waals surface area (Å²) in [5.74, 6) is 0. The Morgan fingerprint density at radius 3 is 1.67 bits per heavy atom. The van der Waals surface area contributed by atoms with E-state index in [9.17, 15) is 0 Å². The predicted molar refractivity (Wildman–Crippen MR) is 48.5 cm³/mol. The van der Waals surface area contributed by atoms with Crippen molar-refractivity contribution in [1.82, 2.24) is 9.97 Å². The van der Waals surface area contributed by atoms with Gasteiger partial charge in [0.2, 0.25) is 0 Å². The van der Waals surface area contributed by atoms with Crippen LogP contribution in [0.1, 0.15) is 11.4 Å². The molecule has 1 heterocycles. The molecule has 2 heteroatoms. The number of hydrogen-bond donors (Lipinski definition) is 0. The van der Waals surface area contributed by atoms with Crippen LogP contribution >= 0.6 is 0 Å². The summed E-state index contributed by atoms with van der Waals surface area (Å²) in [5, 5.41) is 0. The minimum atomic E-state index is 0.647. The van der Waals surface area contributed by atoms with E-state index in [-0.39, 0.29) is 0 Å². The maximum atomic E-state index is 4.24. The Kier molecular flexibility index (Phi) is 1.54. The molecule has 2 nitrogen and oxygen atoms in total. The minimum absolute atomic E-state index is 0.647. The van der Waals surface area contributed by atoms with E-state index >= 15 is 0 Å². The molecule has 2 rings (SSSR count). The van der Waals surface area contributed by atoms with Gasteiger partial charge in [0.05, 0.1) is 22.4 Å². The van der Waals surface area contributed by atoms with E-state index in [0.717, 1.165) is 11.0 Å². The summed E-state index contributed by atoms with van der Waals surface area (Å²) in [6.07, 6.45) is 0. The Hall–Kier alpha value is -1.44. The van der Waals surface area contributed by atoms with Crippen LogP contribution in [0, 0.1) is 13.8 Å². The molecule has 12 heavy (non-hydrogen) atoms. The third-order valence-corrected chi connectivity index (χ3v) is 1.73. The van der Waals surface area contributed by atoms with Crippen LogP contribution in [0.2, 0.25) is 0 Å². The average Bonchev–Trinajstić information content (AvgIpc) is 2.07. The van der Waals surface area contributed by atoms with Crippen molar-refractivity contribution in [2.45, 2.75) is 0 Å². The van der Waals surface area contributed by atoms with Gasteiger partial charge in [0.25, 0.3) is 0 Å². The predicted octanol–water partition coefficient (Wildman–Crippen LogP) is 1.99. The summed E-state index contributed by atoms with van der Waals surface area (Å²) in [6.45, 7) is 7.47.